The van der Waals surface area contributed by atoms with Gasteiger partial charge in [-0.1, -0.05) is 0 Å². The third kappa shape index (κ3) is 6.91. The molecule has 0 aromatic carbocycles. The van der Waals surface area contributed by atoms with E-state index >= 15 is 0 Å². The van der Waals surface area contributed by atoms with Crippen LogP contribution in [0.4, 0.5) is 5.82 Å². The molecule has 0 saturated carbocycles. The van der Waals surface area contributed by atoms with Crippen LogP contribution in [0.2, 0.25) is 0 Å². The number of anilines is 1. The van der Waals surface area contributed by atoms with Gasteiger partial charge in [0.2, 0.25) is 5.52 Å². The first kappa shape index (κ1) is 24.0. The van der Waals surface area contributed by atoms with E-state index in [1.807, 2.05) is 0 Å². The van der Waals surface area contributed by atoms with Crippen LogP contribution in [0.15, 0.2) is 17.1 Å². The van der Waals surface area contributed by atoms with Gasteiger partial charge in [-0.3, -0.25) is 13.9 Å². The van der Waals surface area contributed by atoms with Gasteiger partial charge in [-0.25, -0.2) is 4.79 Å². The Bertz CT molecular complexity index is 766. The van der Waals surface area contributed by atoms with E-state index in [9.17, 15) is 14.2 Å². The molecule has 1 aliphatic heterocycles. The lowest BCUT2D eigenvalue weighted by atomic mass is 10.2. The molecular weight excluding hydrogens is 421 g/mol. The molecule has 1 aromatic heterocycles. The van der Waals surface area contributed by atoms with E-state index in [4.69, 9.17) is 18.9 Å². The Labute approximate surface area is 173 Å². The summed E-state index contributed by atoms with van der Waals surface area (Å²) in [7, 11) is -3.69. The molecule has 2 N–H and O–H groups in total. The van der Waals surface area contributed by atoms with Gasteiger partial charge in [-0.2, -0.15) is 4.98 Å². The van der Waals surface area contributed by atoms with E-state index in [-0.39, 0.29) is 31.7 Å². The van der Waals surface area contributed by atoms with E-state index in [0.717, 1.165) is 0 Å². The van der Waals surface area contributed by atoms with Crippen LogP contribution in [0.1, 0.15) is 39.3 Å². The molecule has 2 rings (SSSR count). The van der Waals surface area contributed by atoms with Crippen molar-refractivity contribution in [3.05, 3.63) is 22.7 Å². The number of ether oxygens (including phenoxy) is 1. The monoisotopic (exact) mass is 449 g/mol. The number of aromatic nitrogens is 2. The fourth-order valence-electron chi connectivity index (χ4n) is 2.69. The first-order valence-electron chi connectivity index (χ1n) is 9.57. The van der Waals surface area contributed by atoms with Crippen LogP contribution in [0.5, 0.6) is 0 Å². The number of unbranched alkanes of at least 4 members (excludes halogenated alkanes) is 1. The number of hydrogen-bond donors (Lipinski definition) is 2. The zero-order valence-electron chi connectivity index (χ0n) is 16.6. The average Bonchev–Trinajstić information content (AvgIpc) is 3.17. The topological polar surface area (TPSA) is 129 Å². The Morgan fingerprint density at radius 2 is 2.14 bits per heavy atom. The molecular formula is C17H28N3O7PS. The maximum Gasteiger partial charge on any atom is 0.396 e. The number of aliphatic hydroxyl groups is 1. The largest absolute Gasteiger partial charge is 0.396 e. The minimum absolute atomic E-state index is 0.0939. The van der Waals surface area contributed by atoms with Gasteiger partial charge in [0.25, 0.3) is 0 Å². The lowest BCUT2D eigenvalue weighted by molar-refractivity contribution is -0.114. The van der Waals surface area contributed by atoms with Crippen molar-refractivity contribution in [2.75, 3.05) is 37.4 Å². The van der Waals surface area contributed by atoms with E-state index in [1.165, 1.54) is 16.3 Å². The second kappa shape index (κ2) is 11.8. The second-order valence-corrected chi connectivity index (χ2v) is 9.35. The van der Waals surface area contributed by atoms with Crippen molar-refractivity contribution in [2.45, 2.75) is 44.8 Å². The van der Waals surface area contributed by atoms with Gasteiger partial charge >= 0.3 is 13.3 Å². The maximum absolute atomic E-state index is 12.3. The fraction of sp³-hybridized carbons (Fsp3) is 0.706. The smallest absolute Gasteiger partial charge is 0.393 e. The van der Waals surface area contributed by atoms with Gasteiger partial charge in [0.15, 0.2) is 0 Å². The average molecular weight is 449 g/mol. The summed E-state index contributed by atoms with van der Waals surface area (Å²) in [4.78, 5) is 28.3. The summed E-state index contributed by atoms with van der Waals surface area (Å²) in [6, 6.07) is 1.67. The zero-order chi connectivity index (χ0) is 21.3. The first-order chi connectivity index (χ1) is 13.9. The lowest BCUT2D eigenvalue weighted by Gasteiger charge is -2.15. The molecule has 1 saturated heterocycles. The Morgan fingerprint density at radius 1 is 1.41 bits per heavy atom. The predicted molar refractivity (Wildman–Crippen MR) is 110 cm³/mol. The Morgan fingerprint density at radius 3 is 2.72 bits per heavy atom. The first-order valence-corrected chi connectivity index (χ1v) is 12.2. The van der Waals surface area contributed by atoms with Crippen LogP contribution >= 0.6 is 19.4 Å². The predicted octanol–water partition coefficient (Wildman–Crippen LogP) is 2.20. The molecule has 2 unspecified atom stereocenters. The number of thioether (sulfide) groups is 1. The number of rotatable bonds is 13. The molecule has 0 bridgehead atoms. The number of hydrogen-bond acceptors (Lipinski definition) is 10. The summed E-state index contributed by atoms with van der Waals surface area (Å²) in [6.07, 6.45) is 2.38. The molecule has 2 heterocycles. The third-order valence-electron chi connectivity index (χ3n) is 4.05. The molecule has 1 aliphatic rings. The summed E-state index contributed by atoms with van der Waals surface area (Å²) >= 11 is 1.45. The van der Waals surface area contributed by atoms with Crippen LogP contribution in [0.3, 0.4) is 0 Å². The number of nitrogens with one attached hydrogen (secondary N) is 1. The highest BCUT2D eigenvalue weighted by molar-refractivity contribution is 8.00. The summed E-state index contributed by atoms with van der Waals surface area (Å²) in [6.45, 7) is 4.01. The van der Waals surface area contributed by atoms with Crippen molar-refractivity contribution >= 4 is 30.7 Å². The summed E-state index contributed by atoms with van der Waals surface area (Å²) in [5.74, 6) is 0.997. The fourth-order valence-corrected chi connectivity index (χ4v) is 5.10. The van der Waals surface area contributed by atoms with Crippen molar-refractivity contribution in [3.63, 3.8) is 0 Å². The van der Waals surface area contributed by atoms with Gasteiger partial charge < -0.3 is 24.2 Å². The van der Waals surface area contributed by atoms with Crippen molar-refractivity contribution in [1.29, 1.82) is 0 Å². The summed E-state index contributed by atoms with van der Waals surface area (Å²) < 4.78 is 29.4. The number of carbonyl (C=O) groups is 1. The van der Waals surface area contributed by atoms with E-state index in [2.05, 4.69) is 10.3 Å². The lowest BCUT2D eigenvalue weighted by Crippen LogP contribution is -2.29. The minimum atomic E-state index is -3.69. The van der Waals surface area contributed by atoms with Gasteiger partial charge in [0, 0.05) is 24.9 Å². The Balaban J connectivity index is 1.77. The van der Waals surface area contributed by atoms with Crippen LogP contribution in [-0.4, -0.2) is 57.7 Å². The van der Waals surface area contributed by atoms with Crippen molar-refractivity contribution in [3.8, 4) is 0 Å². The number of nitrogens with zero attached hydrogens (tertiary/aromatic N) is 2. The van der Waals surface area contributed by atoms with Gasteiger partial charge in [-0.15, -0.1) is 11.8 Å². The SMILES string of the molecule is CCOP(=O)(OCC)C(=O)CCCCNc1ccn(C2CSC(CO)O2)c(=O)n1. The Hall–Kier alpha value is -1.23. The number of aliphatic hydroxyl groups excluding tert-OH is 1. The van der Waals surface area contributed by atoms with E-state index in [0.29, 0.717) is 31.0 Å². The highest BCUT2D eigenvalue weighted by Gasteiger charge is 2.33. The molecule has 1 aromatic rings. The normalized spacial score (nSPS) is 19.4. The van der Waals surface area contributed by atoms with Crippen LogP contribution in [-0.2, 0) is 23.1 Å². The quantitative estimate of drug-likeness (QED) is 0.341. The summed E-state index contributed by atoms with van der Waals surface area (Å²) in [5, 5.41) is 12.1. The molecule has 1 fully saturated rings. The third-order valence-corrected chi connectivity index (χ3v) is 7.19. The van der Waals surface area contributed by atoms with Crippen LogP contribution in [0, 0.1) is 0 Å². The molecule has 0 amide bonds. The number of carbonyl (C=O) groups excluding carboxylic acids is 1. The van der Waals surface area contributed by atoms with Gasteiger partial charge in [0.1, 0.15) is 17.5 Å². The van der Waals surface area contributed by atoms with Crippen LogP contribution in [0.25, 0.3) is 0 Å². The molecule has 0 radical (unpaired) electrons. The highest BCUT2D eigenvalue weighted by Crippen LogP contribution is 2.50. The van der Waals surface area contributed by atoms with Crippen molar-refractivity contribution < 1.29 is 28.3 Å². The molecule has 2 atom stereocenters. The van der Waals surface area contributed by atoms with Crippen molar-refractivity contribution in [1.82, 2.24) is 9.55 Å². The Kier molecular flexibility index (Phi) is 9.81. The summed E-state index contributed by atoms with van der Waals surface area (Å²) in [5.41, 5.74) is -1.28. The molecule has 0 spiro atoms. The second-order valence-electron chi connectivity index (χ2n) is 6.15. The highest BCUT2D eigenvalue weighted by atomic mass is 32.2. The van der Waals surface area contributed by atoms with Gasteiger partial charge in [0.05, 0.1) is 19.8 Å². The molecule has 10 nitrogen and oxygen atoms in total. The van der Waals surface area contributed by atoms with Crippen molar-refractivity contribution in [2.24, 2.45) is 0 Å². The van der Waals surface area contributed by atoms with E-state index < -0.39 is 25.0 Å². The maximum atomic E-state index is 12.3. The molecule has 12 heteroatoms. The standard InChI is InChI=1S/C17H28N3O7PS/c1-3-25-28(24,26-4-2)15(22)7-5-6-9-18-13-8-10-20(17(23)19-13)14-12-29-16(11-21)27-14/h8,10,14,16,21H,3-7,9,11-12H2,1-2H3,(H,18,19,23). The molecule has 0 aliphatic carbocycles. The van der Waals surface area contributed by atoms with Gasteiger partial charge in [-0.05, 0) is 32.8 Å². The van der Waals surface area contributed by atoms with E-state index in [1.54, 1.807) is 26.1 Å². The van der Waals surface area contributed by atoms with Crippen LogP contribution < -0.4 is 11.0 Å². The zero-order valence-corrected chi connectivity index (χ0v) is 18.3. The minimum Gasteiger partial charge on any atom is -0.393 e. The molecule has 29 heavy (non-hydrogen) atoms. The molecule has 164 valence electrons.